The van der Waals surface area contributed by atoms with Gasteiger partial charge in [0.15, 0.2) is 5.17 Å². The first kappa shape index (κ1) is 11.9. The average Bonchev–Trinajstić information content (AvgIpc) is 2.73. The molecule has 0 saturated carbocycles. The van der Waals surface area contributed by atoms with Crippen LogP contribution in [0.15, 0.2) is 4.99 Å². The number of hydrogen-bond acceptors (Lipinski definition) is 5. The Hall–Kier alpha value is -1.22. The summed E-state index contributed by atoms with van der Waals surface area (Å²) in [5.41, 5.74) is 0. The molecule has 0 aromatic rings. The number of hydrogen-bond donors (Lipinski definition) is 0. The molecule has 1 aliphatic heterocycles. The Morgan fingerprint density at radius 1 is 1.73 bits per heavy atom. The summed E-state index contributed by atoms with van der Waals surface area (Å²) in [6.07, 6.45) is 4.39. The minimum atomic E-state index is -0.185. The van der Waals surface area contributed by atoms with Crippen molar-refractivity contribution in [2.45, 2.75) is 6.42 Å². The molecule has 0 aromatic carbocycles. The first-order valence-corrected chi connectivity index (χ1v) is 5.79. The number of amidine groups is 1. The largest absolute Gasteiger partial charge is 0.469 e. The van der Waals surface area contributed by atoms with E-state index in [1.54, 1.807) is 6.19 Å². The van der Waals surface area contributed by atoms with Crippen molar-refractivity contribution in [3.05, 3.63) is 0 Å². The second-order valence-corrected chi connectivity index (χ2v) is 3.93. The number of rotatable bonds is 1. The zero-order valence-electron chi connectivity index (χ0n) is 8.77. The molecule has 0 bridgehead atoms. The zero-order chi connectivity index (χ0) is 11.3. The number of carbonyl (C=O) groups excluding carboxylic acids is 1. The van der Waals surface area contributed by atoms with Gasteiger partial charge >= 0.3 is 5.97 Å². The first-order valence-electron chi connectivity index (χ1n) is 4.56. The van der Waals surface area contributed by atoms with Crippen molar-refractivity contribution in [3.8, 4) is 6.19 Å². The Morgan fingerprint density at radius 2 is 2.47 bits per heavy atom. The molecule has 5 nitrogen and oxygen atoms in total. The van der Waals surface area contributed by atoms with E-state index in [0.29, 0.717) is 11.7 Å². The molecule has 0 spiro atoms. The van der Waals surface area contributed by atoms with Gasteiger partial charge in [-0.2, -0.15) is 5.26 Å². The summed E-state index contributed by atoms with van der Waals surface area (Å²) < 4.78 is 4.68. The van der Waals surface area contributed by atoms with Crippen molar-refractivity contribution in [1.82, 2.24) is 4.90 Å². The number of carbonyl (C=O) groups is 1. The van der Waals surface area contributed by atoms with E-state index in [9.17, 15) is 4.79 Å². The van der Waals surface area contributed by atoms with Crippen LogP contribution in [0.4, 0.5) is 0 Å². The van der Waals surface area contributed by atoms with Crippen LogP contribution < -0.4 is 0 Å². The molecule has 0 amide bonds. The lowest BCUT2D eigenvalue weighted by Gasteiger charge is -2.17. The predicted molar refractivity (Wildman–Crippen MR) is 58.3 cm³/mol. The summed E-state index contributed by atoms with van der Waals surface area (Å²) >= 11 is 1.41. The van der Waals surface area contributed by atoms with Gasteiger partial charge in [-0.05, 0) is 12.7 Å². The van der Waals surface area contributed by atoms with Gasteiger partial charge in [-0.1, -0.05) is 11.8 Å². The Balaban J connectivity index is 2.60. The maximum atomic E-state index is 11.3. The van der Waals surface area contributed by atoms with Crippen molar-refractivity contribution < 1.29 is 9.53 Å². The van der Waals surface area contributed by atoms with Crippen molar-refractivity contribution in [2.24, 2.45) is 10.9 Å². The van der Waals surface area contributed by atoms with E-state index in [1.165, 1.54) is 18.9 Å². The maximum absolute atomic E-state index is 11.3. The second-order valence-electron chi connectivity index (χ2n) is 3.15. The lowest BCUT2D eigenvalue weighted by molar-refractivity contribution is -0.144. The fourth-order valence-electron chi connectivity index (χ4n) is 1.58. The second kappa shape index (κ2) is 5.61. The van der Waals surface area contributed by atoms with Gasteiger partial charge in [0, 0.05) is 13.1 Å². The van der Waals surface area contributed by atoms with Gasteiger partial charge in [-0.15, -0.1) is 4.99 Å². The highest BCUT2D eigenvalue weighted by molar-refractivity contribution is 8.13. The number of nitriles is 1. The minimum absolute atomic E-state index is 0.0916. The molecule has 0 aromatic heterocycles. The summed E-state index contributed by atoms with van der Waals surface area (Å²) in [5, 5.41) is 9.15. The molecule has 1 saturated heterocycles. The minimum Gasteiger partial charge on any atom is -0.469 e. The van der Waals surface area contributed by atoms with Crippen molar-refractivity contribution in [2.75, 3.05) is 26.5 Å². The monoisotopic (exact) mass is 227 g/mol. The zero-order valence-corrected chi connectivity index (χ0v) is 9.58. The molecule has 15 heavy (non-hydrogen) atoms. The molecule has 1 fully saturated rings. The Morgan fingerprint density at radius 3 is 3.00 bits per heavy atom. The van der Waals surface area contributed by atoms with Gasteiger partial charge in [-0.3, -0.25) is 4.79 Å². The van der Waals surface area contributed by atoms with E-state index in [1.807, 2.05) is 11.2 Å². The van der Waals surface area contributed by atoms with Crippen LogP contribution in [-0.2, 0) is 9.53 Å². The molecule has 82 valence electrons. The Labute approximate surface area is 93.1 Å². The maximum Gasteiger partial charge on any atom is 0.310 e. The molecular weight excluding hydrogens is 214 g/mol. The topological polar surface area (TPSA) is 65.7 Å². The molecule has 1 heterocycles. The smallest absolute Gasteiger partial charge is 0.310 e. The molecule has 1 atom stereocenters. The lowest BCUT2D eigenvalue weighted by atomic mass is 10.1. The van der Waals surface area contributed by atoms with Crippen molar-refractivity contribution in [1.29, 1.82) is 5.26 Å². The van der Waals surface area contributed by atoms with E-state index < -0.39 is 0 Å². The molecule has 1 unspecified atom stereocenters. The third-order valence-electron chi connectivity index (χ3n) is 2.32. The number of ether oxygens (including phenoxy) is 1. The van der Waals surface area contributed by atoms with Crippen LogP contribution in [0.2, 0.25) is 0 Å². The Bertz CT molecular complexity index is 311. The highest BCUT2D eigenvalue weighted by Gasteiger charge is 2.30. The van der Waals surface area contributed by atoms with Crippen LogP contribution in [0, 0.1) is 17.4 Å². The van der Waals surface area contributed by atoms with E-state index in [0.717, 1.165) is 13.0 Å². The summed E-state index contributed by atoms with van der Waals surface area (Å²) in [6, 6.07) is 0. The van der Waals surface area contributed by atoms with Crippen LogP contribution in [0.25, 0.3) is 0 Å². The highest BCUT2D eigenvalue weighted by Crippen LogP contribution is 2.20. The van der Waals surface area contributed by atoms with Crippen LogP contribution in [0.5, 0.6) is 0 Å². The SMILES string of the molecule is COC(=O)C1CCN(C(=NC#N)SC)C1. The highest BCUT2D eigenvalue weighted by atomic mass is 32.2. The van der Waals surface area contributed by atoms with Crippen molar-refractivity contribution >= 4 is 22.9 Å². The van der Waals surface area contributed by atoms with Crippen LogP contribution in [-0.4, -0.2) is 42.5 Å². The number of aliphatic imine (C=N–C) groups is 1. The molecule has 6 heteroatoms. The Kier molecular flexibility index (Phi) is 4.43. The number of esters is 1. The summed E-state index contributed by atoms with van der Waals surface area (Å²) in [4.78, 5) is 16.9. The number of methoxy groups -OCH3 is 1. The van der Waals surface area contributed by atoms with Gasteiger partial charge in [0.2, 0.25) is 6.19 Å². The average molecular weight is 227 g/mol. The first-order chi connectivity index (χ1) is 7.22. The van der Waals surface area contributed by atoms with E-state index >= 15 is 0 Å². The van der Waals surface area contributed by atoms with Gasteiger partial charge in [0.25, 0.3) is 0 Å². The van der Waals surface area contributed by atoms with Crippen LogP contribution >= 0.6 is 11.8 Å². The summed E-state index contributed by atoms with van der Waals surface area (Å²) in [6.45, 7) is 1.34. The van der Waals surface area contributed by atoms with Gasteiger partial charge in [-0.25, -0.2) is 0 Å². The number of likely N-dealkylation sites (tertiary alicyclic amines) is 1. The standard InChI is InChI=1S/C9H13N3O2S/c1-14-8(13)7-3-4-12(5-7)9(15-2)11-6-10/h7H,3-5H2,1-2H3. The quantitative estimate of drug-likeness (QED) is 0.285. The summed E-state index contributed by atoms with van der Waals surface area (Å²) in [7, 11) is 1.39. The molecule has 1 rings (SSSR count). The fourth-order valence-corrected chi connectivity index (χ4v) is 2.14. The predicted octanol–water partition coefficient (Wildman–Crippen LogP) is 0.681. The van der Waals surface area contributed by atoms with E-state index in [4.69, 9.17) is 5.26 Å². The van der Waals surface area contributed by atoms with E-state index in [-0.39, 0.29) is 11.9 Å². The molecule has 1 aliphatic rings. The third kappa shape index (κ3) is 2.86. The van der Waals surface area contributed by atoms with Gasteiger partial charge < -0.3 is 9.64 Å². The molecule has 0 aliphatic carbocycles. The van der Waals surface area contributed by atoms with E-state index in [2.05, 4.69) is 9.73 Å². The van der Waals surface area contributed by atoms with Crippen LogP contribution in [0.1, 0.15) is 6.42 Å². The van der Waals surface area contributed by atoms with Gasteiger partial charge in [0.1, 0.15) is 0 Å². The number of thioether (sulfide) groups is 1. The molecule has 0 radical (unpaired) electrons. The van der Waals surface area contributed by atoms with Crippen molar-refractivity contribution in [3.63, 3.8) is 0 Å². The lowest BCUT2D eigenvalue weighted by Crippen LogP contribution is -2.28. The molecule has 0 N–H and O–H groups in total. The van der Waals surface area contributed by atoms with Gasteiger partial charge in [0.05, 0.1) is 13.0 Å². The molecular formula is C9H13N3O2S. The fraction of sp³-hybridized carbons (Fsp3) is 0.667. The number of nitrogens with zero attached hydrogens (tertiary/aromatic N) is 3. The third-order valence-corrected chi connectivity index (χ3v) is 3.04. The van der Waals surface area contributed by atoms with Crippen LogP contribution in [0.3, 0.4) is 0 Å². The normalized spacial score (nSPS) is 21.3. The summed E-state index contributed by atoms with van der Waals surface area (Å²) in [5.74, 6) is -0.277.